The number of rotatable bonds is 4. The minimum atomic E-state index is -0.684. The maximum atomic E-state index is 9.82. The van der Waals surface area contributed by atoms with Crippen LogP contribution < -0.4 is 5.73 Å². The average Bonchev–Trinajstić information content (AvgIpc) is 1.85. The van der Waals surface area contributed by atoms with Crippen molar-refractivity contribution in [2.45, 2.75) is 19.4 Å². The van der Waals surface area contributed by atoms with Crippen LogP contribution in [0.3, 0.4) is 0 Å². The third kappa shape index (κ3) is 5.24. The highest BCUT2D eigenvalue weighted by Crippen LogP contribution is 1.87. The topological polar surface area (TPSA) is 75.7 Å². The second-order valence-corrected chi connectivity index (χ2v) is 2.04. The molecule has 0 radical (unpaired) electrons. The van der Waals surface area contributed by atoms with Gasteiger partial charge in [-0.2, -0.15) is 0 Å². The zero-order valence-corrected chi connectivity index (χ0v) is 5.95. The molecule has 0 saturated heterocycles. The number of carbonyl (C=O) groups excluding carboxylic acids is 1. The van der Waals surface area contributed by atoms with Crippen molar-refractivity contribution < 1.29 is 9.90 Å². The molecule has 0 amide bonds. The molecule has 3 N–H and O–H groups in total. The van der Waals surface area contributed by atoms with Crippen molar-refractivity contribution >= 4 is 12.1 Å². The van der Waals surface area contributed by atoms with Gasteiger partial charge in [0, 0.05) is 6.42 Å². The molecule has 4 nitrogen and oxygen atoms in total. The summed E-state index contributed by atoms with van der Waals surface area (Å²) in [6.07, 6.45) is 0.0963. The Balaban J connectivity index is 3.48. The first-order chi connectivity index (χ1) is 4.66. The lowest BCUT2D eigenvalue weighted by molar-refractivity contribution is -0.109. The lowest BCUT2D eigenvalue weighted by Gasteiger charge is -2.00. The van der Waals surface area contributed by atoms with Gasteiger partial charge < -0.3 is 15.6 Å². The fraction of sp³-hybridized carbons (Fsp3) is 0.667. The van der Waals surface area contributed by atoms with Crippen molar-refractivity contribution in [3.05, 3.63) is 0 Å². The van der Waals surface area contributed by atoms with Gasteiger partial charge in [0.1, 0.15) is 6.29 Å². The average molecular weight is 144 g/mol. The molecule has 0 aromatic heterocycles. The largest absolute Gasteiger partial charge is 0.391 e. The van der Waals surface area contributed by atoms with Crippen LogP contribution in [0.25, 0.3) is 0 Å². The molecule has 0 saturated carbocycles. The van der Waals surface area contributed by atoms with Crippen LogP contribution in [0, 0.1) is 0 Å². The van der Waals surface area contributed by atoms with Gasteiger partial charge in [-0.25, -0.2) is 0 Å². The number of aliphatic hydroxyl groups is 1. The van der Waals surface area contributed by atoms with Crippen LogP contribution in [-0.4, -0.2) is 29.9 Å². The molecule has 0 spiro atoms. The van der Waals surface area contributed by atoms with Gasteiger partial charge in [-0.1, -0.05) is 0 Å². The van der Waals surface area contributed by atoms with Crippen molar-refractivity contribution in [2.75, 3.05) is 6.54 Å². The number of aliphatic imine (C=N–C) groups is 1. The second-order valence-electron chi connectivity index (χ2n) is 2.04. The maximum absolute atomic E-state index is 9.82. The first-order valence-corrected chi connectivity index (χ1v) is 3.05. The summed E-state index contributed by atoms with van der Waals surface area (Å²) in [5, 5.41) is 8.90. The van der Waals surface area contributed by atoms with Crippen LogP contribution >= 0.6 is 0 Å². The summed E-state index contributed by atoms with van der Waals surface area (Å²) in [4.78, 5) is 13.5. The lowest BCUT2D eigenvalue weighted by Crippen LogP contribution is -2.15. The number of carbonyl (C=O) groups is 1. The fourth-order valence-corrected chi connectivity index (χ4v) is 0.435. The van der Waals surface area contributed by atoms with Gasteiger partial charge in [0.15, 0.2) is 0 Å². The number of hydrogen-bond acceptors (Lipinski definition) is 3. The van der Waals surface area contributed by atoms with Crippen molar-refractivity contribution in [1.29, 1.82) is 0 Å². The Morgan fingerprint density at radius 3 is 2.90 bits per heavy atom. The highest BCUT2D eigenvalue weighted by molar-refractivity contribution is 5.77. The summed E-state index contributed by atoms with van der Waals surface area (Å²) in [6.45, 7) is 1.84. The molecule has 0 aliphatic heterocycles. The molecule has 0 rings (SSSR count). The second kappa shape index (κ2) is 4.93. The predicted molar refractivity (Wildman–Crippen MR) is 38.9 cm³/mol. The Bertz CT molecular complexity index is 130. The van der Waals surface area contributed by atoms with Crippen molar-refractivity contribution in [1.82, 2.24) is 0 Å². The van der Waals surface area contributed by atoms with Crippen LogP contribution in [0.5, 0.6) is 0 Å². The number of aliphatic hydroxyl groups excluding tert-OH is 1. The number of nitrogens with two attached hydrogens (primary N) is 1. The Morgan fingerprint density at radius 2 is 2.50 bits per heavy atom. The Morgan fingerprint density at radius 1 is 1.90 bits per heavy atom. The van der Waals surface area contributed by atoms with Gasteiger partial charge in [0.05, 0.1) is 18.5 Å². The number of amidine groups is 1. The van der Waals surface area contributed by atoms with Gasteiger partial charge in [-0.05, 0) is 6.92 Å². The Kier molecular flexibility index (Phi) is 4.49. The number of aldehydes is 1. The van der Waals surface area contributed by atoms with Crippen LogP contribution in [0.1, 0.15) is 13.3 Å². The standard InChI is InChI=1S/C6H12N2O2/c1-5(7)8-4-6(10)2-3-9/h3,6,10H,2,4H2,1H3,(H2,7,8). The molecule has 0 aromatic rings. The van der Waals surface area contributed by atoms with Crippen molar-refractivity contribution in [3.8, 4) is 0 Å². The van der Waals surface area contributed by atoms with Gasteiger partial charge in [-0.3, -0.25) is 4.99 Å². The third-order valence-corrected chi connectivity index (χ3v) is 0.920. The van der Waals surface area contributed by atoms with Gasteiger partial charge in [0.2, 0.25) is 0 Å². The molecule has 0 bridgehead atoms. The molecule has 0 aliphatic carbocycles. The molecule has 1 unspecified atom stereocenters. The van der Waals surface area contributed by atoms with Crippen LogP contribution in [-0.2, 0) is 4.79 Å². The van der Waals surface area contributed by atoms with Crippen LogP contribution in [0.4, 0.5) is 0 Å². The summed E-state index contributed by atoms with van der Waals surface area (Å²) in [6, 6.07) is 0. The smallest absolute Gasteiger partial charge is 0.122 e. The van der Waals surface area contributed by atoms with Crippen LogP contribution in [0.15, 0.2) is 4.99 Å². The van der Waals surface area contributed by atoms with E-state index in [1.165, 1.54) is 0 Å². The van der Waals surface area contributed by atoms with E-state index in [2.05, 4.69) is 4.99 Å². The van der Waals surface area contributed by atoms with Crippen molar-refractivity contribution in [3.63, 3.8) is 0 Å². The molecule has 58 valence electrons. The molecule has 0 aromatic carbocycles. The minimum absolute atomic E-state index is 0.122. The number of nitrogens with zero attached hydrogens (tertiary/aromatic N) is 1. The van der Waals surface area contributed by atoms with E-state index < -0.39 is 6.10 Å². The molecular weight excluding hydrogens is 132 g/mol. The van der Waals surface area contributed by atoms with E-state index in [0.29, 0.717) is 12.1 Å². The van der Waals surface area contributed by atoms with E-state index in [4.69, 9.17) is 10.8 Å². The van der Waals surface area contributed by atoms with E-state index in [-0.39, 0.29) is 13.0 Å². The van der Waals surface area contributed by atoms with Crippen LogP contribution in [0.2, 0.25) is 0 Å². The van der Waals surface area contributed by atoms with E-state index >= 15 is 0 Å². The Labute approximate surface area is 59.8 Å². The maximum Gasteiger partial charge on any atom is 0.122 e. The minimum Gasteiger partial charge on any atom is -0.391 e. The van der Waals surface area contributed by atoms with E-state index in [9.17, 15) is 4.79 Å². The highest BCUT2D eigenvalue weighted by atomic mass is 16.3. The molecule has 4 heteroatoms. The number of hydrogen-bond donors (Lipinski definition) is 2. The zero-order chi connectivity index (χ0) is 7.98. The zero-order valence-electron chi connectivity index (χ0n) is 5.95. The quantitative estimate of drug-likeness (QED) is 0.311. The molecule has 0 heterocycles. The first-order valence-electron chi connectivity index (χ1n) is 3.05. The fourth-order valence-electron chi connectivity index (χ4n) is 0.435. The van der Waals surface area contributed by atoms with Gasteiger partial charge in [-0.15, -0.1) is 0 Å². The summed E-state index contributed by atoms with van der Waals surface area (Å²) in [7, 11) is 0. The van der Waals surface area contributed by atoms with Crippen molar-refractivity contribution in [2.24, 2.45) is 10.7 Å². The van der Waals surface area contributed by atoms with Gasteiger partial charge in [0.25, 0.3) is 0 Å². The summed E-state index contributed by atoms with van der Waals surface area (Å²) < 4.78 is 0. The summed E-state index contributed by atoms with van der Waals surface area (Å²) >= 11 is 0. The van der Waals surface area contributed by atoms with E-state index in [1.54, 1.807) is 6.92 Å². The van der Waals surface area contributed by atoms with E-state index in [1.807, 2.05) is 0 Å². The molecular formula is C6H12N2O2. The predicted octanol–water partition coefficient (Wildman–Crippen LogP) is -0.687. The van der Waals surface area contributed by atoms with Gasteiger partial charge >= 0.3 is 0 Å². The highest BCUT2D eigenvalue weighted by Gasteiger charge is 1.99. The lowest BCUT2D eigenvalue weighted by atomic mass is 10.3. The normalized spacial score (nSPS) is 14.8. The summed E-state index contributed by atoms with van der Waals surface area (Å²) in [5.41, 5.74) is 5.19. The Hall–Kier alpha value is -0.900. The molecule has 0 fully saturated rings. The third-order valence-electron chi connectivity index (χ3n) is 0.920. The molecule has 0 aliphatic rings. The monoisotopic (exact) mass is 144 g/mol. The molecule has 1 atom stereocenters. The SMILES string of the molecule is CC(N)=NCC(O)CC=O. The first kappa shape index (κ1) is 9.10. The summed E-state index contributed by atoms with van der Waals surface area (Å²) in [5.74, 6) is 0.421. The van der Waals surface area contributed by atoms with E-state index in [0.717, 1.165) is 0 Å². The molecule has 10 heavy (non-hydrogen) atoms.